The van der Waals surface area contributed by atoms with Crippen LogP contribution in [0.4, 0.5) is 18.0 Å². The fourth-order valence-corrected chi connectivity index (χ4v) is 1.65. The molecule has 0 amide bonds. The van der Waals surface area contributed by atoms with Crippen LogP contribution in [0.25, 0.3) is 10.9 Å². The Morgan fingerprint density at radius 3 is 2.42 bits per heavy atom. The van der Waals surface area contributed by atoms with Gasteiger partial charge in [0.15, 0.2) is 0 Å². The Labute approximate surface area is 101 Å². The number of benzene rings is 1. The van der Waals surface area contributed by atoms with E-state index in [0.717, 1.165) is 12.1 Å². The lowest BCUT2D eigenvalue weighted by molar-refractivity contribution is -0.136. The van der Waals surface area contributed by atoms with Gasteiger partial charge in [-0.05, 0) is 12.1 Å². The largest absolute Gasteiger partial charge is 0.464 e. The second kappa shape index (κ2) is 3.97. The Bertz CT molecular complexity index is 788. The van der Waals surface area contributed by atoms with Crippen LogP contribution >= 0.6 is 0 Å². The average Bonchev–Trinajstić information content (AvgIpc) is 2.26. The molecule has 0 aliphatic carbocycles. The minimum absolute atomic E-state index is 0.192. The molecule has 0 bridgehead atoms. The van der Waals surface area contributed by atoms with E-state index in [-0.39, 0.29) is 4.57 Å². The monoisotopic (exact) mass is 274 g/mol. The number of nitrogens with one attached hydrogen (secondary N) is 1. The lowest BCUT2D eigenvalue weighted by atomic mass is 10.1. The number of halogens is 3. The number of aromatic nitrogens is 2. The van der Waals surface area contributed by atoms with Crippen LogP contribution in [-0.4, -0.2) is 20.8 Å². The van der Waals surface area contributed by atoms with E-state index in [1.807, 2.05) is 0 Å². The van der Waals surface area contributed by atoms with Crippen molar-refractivity contribution in [3.63, 3.8) is 0 Å². The summed E-state index contributed by atoms with van der Waals surface area (Å²) in [6.07, 6.45) is -6.64. The fourth-order valence-electron chi connectivity index (χ4n) is 1.65. The van der Waals surface area contributed by atoms with Crippen LogP contribution in [0.2, 0.25) is 0 Å². The first-order valence-corrected chi connectivity index (χ1v) is 4.82. The Morgan fingerprint density at radius 1 is 1.26 bits per heavy atom. The van der Waals surface area contributed by atoms with Gasteiger partial charge in [0, 0.05) is 0 Å². The number of H-pyrrole nitrogens is 1. The number of carboxylic acid groups (broad SMARTS) is 1. The summed E-state index contributed by atoms with van der Waals surface area (Å²) in [7, 11) is 0. The summed E-state index contributed by atoms with van der Waals surface area (Å²) in [5, 5.41) is 8.13. The van der Waals surface area contributed by atoms with Crippen LogP contribution in [0.5, 0.6) is 0 Å². The second-order valence-electron chi connectivity index (χ2n) is 3.58. The van der Waals surface area contributed by atoms with E-state index in [0.29, 0.717) is 6.07 Å². The van der Waals surface area contributed by atoms with Gasteiger partial charge in [-0.15, -0.1) is 0 Å². The van der Waals surface area contributed by atoms with Crippen molar-refractivity contribution in [2.45, 2.75) is 6.18 Å². The molecule has 2 aromatic rings. The molecule has 0 fully saturated rings. The van der Waals surface area contributed by atoms with Crippen LogP contribution in [0, 0.1) is 0 Å². The molecule has 2 N–H and O–H groups in total. The molecule has 0 atom stereocenters. The third-order valence-electron chi connectivity index (χ3n) is 2.43. The molecule has 1 aromatic carbocycles. The molecule has 100 valence electrons. The zero-order valence-corrected chi connectivity index (χ0v) is 8.99. The van der Waals surface area contributed by atoms with Crippen molar-refractivity contribution >= 4 is 17.0 Å². The standard InChI is InChI=1S/C10H5F3N2O4/c11-10(12,13)5-3-1-2-4-6(5)14-8(17)15(7(4)16)9(18)19/h1-3H,(H,14,17)(H,18,19). The predicted octanol–water partition coefficient (Wildman–Crippen LogP) is 1.23. The molecule has 0 saturated carbocycles. The average molecular weight is 274 g/mol. The van der Waals surface area contributed by atoms with Gasteiger partial charge in [0.25, 0.3) is 5.56 Å². The van der Waals surface area contributed by atoms with Crippen molar-refractivity contribution in [1.29, 1.82) is 0 Å². The summed E-state index contributed by atoms with van der Waals surface area (Å²) in [4.78, 5) is 35.4. The molecule has 0 saturated heterocycles. The summed E-state index contributed by atoms with van der Waals surface area (Å²) in [6, 6.07) is 2.64. The van der Waals surface area contributed by atoms with E-state index in [4.69, 9.17) is 5.11 Å². The van der Waals surface area contributed by atoms with E-state index in [1.165, 1.54) is 0 Å². The van der Waals surface area contributed by atoms with Crippen molar-refractivity contribution in [2.24, 2.45) is 0 Å². The fraction of sp³-hybridized carbons (Fsp3) is 0.100. The van der Waals surface area contributed by atoms with Crippen molar-refractivity contribution in [3.05, 3.63) is 44.6 Å². The van der Waals surface area contributed by atoms with Crippen LogP contribution in [0.3, 0.4) is 0 Å². The molecule has 0 aliphatic heterocycles. The summed E-state index contributed by atoms with van der Waals surface area (Å²) in [5.41, 5.74) is -4.71. The van der Waals surface area contributed by atoms with E-state index >= 15 is 0 Å². The second-order valence-corrected chi connectivity index (χ2v) is 3.58. The Balaban J connectivity index is 3.01. The third kappa shape index (κ3) is 1.98. The molecule has 0 spiro atoms. The normalized spacial score (nSPS) is 11.7. The van der Waals surface area contributed by atoms with E-state index in [2.05, 4.69) is 0 Å². The number of carbonyl (C=O) groups is 1. The van der Waals surface area contributed by atoms with Gasteiger partial charge in [-0.2, -0.15) is 17.7 Å². The van der Waals surface area contributed by atoms with Crippen molar-refractivity contribution < 1.29 is 23.1 Å². The highest BCUT2D eigenvalue weighted by Crippen LogP contribution is 2.32. The quantitative estimate of drug-likeness (QED) is 0.755. The highest BCUT2D eigenvalue weighted by Gasteiger charge is 2.33. The van der Waals surface area contributed by atoms with Crippen molar-refractivity contribution in [2.75, 3.05) is 0 Å². The predicted molar refractivity (Wildman–Crippen MR) is 57.3 cm³/mol. The zero-order valence-electron chi connectivity index (χ0n) is 8.99. The molecule has 1 heterocycles. The zero-order chi connectivity index (χ0) is 14.4. The molecule has 0 unspecified atom stereocenters. The summed E-state index contributed by atoms with van der Waals surface area (Å²) in [5.74, 6) is 0. The summed E-state index contributed by atoms with van der Waals surface area (Å²) >= 11 is 0. The van der Waals surface area contributed by atoms with Gasteiger partial charge in [0.05, 0.1) is 16.5 Å². The van der Waals surface area contributed by atoms with Gasteiger partial charge >= 0.3 is 18.0 Å². The van der Waals surface area contributed by atoms with E-state index in [1.54, 1.807) is 4.98 Å². The van der Waals surface area contributed by atoms with Crippen LogP contribution in [0.15, 0.2) is 27.8 Å². The molecule has 6 nitrogen and oxygen atoms in total. The molecule has 19 heavy (non-hydrogen) atoms. The minimum Gasteiger partial charge on any atom is -0.464 e. The number of para-hydroxylation sites is 1. The maximum atomic E-state index is 12.7. The number of nitrogens with zero attached hydrogens (tertiary/aromatic N) is 1. The Morgan fingerprint density at radius 2 is 1.89 bits per heavy atom. The number of fused-ring (bicyclic) bond motifs is 1. The lowest BCUT2D eigenvalue weighted by Crippen LogP contribution is -2.39. The summed E-state index contributed by atoms with van der Waals surface area (Å²) < 4.78 is 37.9. The van der Waals surface area contributed by atoms with Gasteiger partial charge in [-0.25, -0.2) is 9.59 Å². The number of rotatable bonds is 0. The molecular weight excluding hydrogens is 269 g/mol. The smallest absolute Gasteiger partial charge is 0.422 e. The van der Waals surface area contributed by atoms with Crippen LogP contribution in [0.1, 0.15) is 5.56 Å². The first-order valence-electron chi connectivity index (χ1n) is 4.82. The molecule has 2 rings (SSSR count). The molecular formula is C10H5F3N2O4. The number of hydrogen-bond acceptors (Lipinski definition) is 3. The molecule has 0 aliphatic rings. The first kappa shape index (κ1) is 12.9. The maximum absolute atomic E-state index is 12.7. The van der Waals surface area contributed by atoms with E-state index in [9.17, 15) is 27.6 Å². The first-order chi connectivity index (χ1) is 8.73. The number of aromatic amines is 1. The third-order valence-corrected chi connectivity index (χ3v) is 2.43. The van der Waals surface area contributed by atoms with Crippen molar-refractivity contribution in [1.82, 2.24) is 9.55 Å². The van der Waals surface area contributed by atoms with Gasteiger partial charge in [0.1, 0.15) is 0 Å². The van der Waals surface area contributed by atoms with Gasteiger partial charge < -0.3 is 10.1 Å². The number of alkyl halides is 3. The molecule has 0 radical (unpaired) electrons. The van der Waals surface area contributed by atoms with Gasteiger partial charge in [-0.1, -0.05) is 6.07 Å². The summed E-state index contributed by atoms with van der Waals surface area (Å²) in [6.45, 7) is 0. The lowest BCUT2D eigenvalue weighted by Gasteiger charge is -2.10. The topological polar surface area (TPSA) is 92.2 Å². The van der Waals surface area contributed by atoms with Crippen molar-refractivity contribution in [3.8, 4) is 0 Å². The van der Waals surface area contributed by atoms with Gasteiger partial charge in [-0.3, -0.25) is 4.79 Å². The van der Waals surface area contributed by atoms with Crippen LogP contribution < -0.4 is 11.2 Å². The Kier molecular flexibility index (Phi) is 2.69. The Hall–Kier alpha value is -2.58. The SMILES string of the molecule is O=C(O)n1c(=O)[nH]c2c(C(F)(F)F)cccc2c1=O. The number of hydrogen-bond donors (Lipinski definition) is 2. The minimum atomic E-state index is -4.77. The highest BCUT2D eigenvalue weighted by atomic mass is 19.4. The molecule has 1 aromatic heterocycles. The maximum Gasteiger partial charge on any atom is 0.422 e. The van der Waals surface area contributed by atoms with Crippen LogP contribution in [-0.2, 0) is 6.18 Å². The van der Waals surface area contributed by atoms with E-state index < -0.39 is 40.0 Å². The van der Waals surface area contributed by atoms with Gasteiger partial charge in [0.2, 0.25) is 0 Å². The highest BCUT2D eigenvalue weighted by molar-refractivity contribution is 5.83. The molecule has 9 heteroatoms.